The highest BCUT2D eigenvalue weighted by Gasteiger charge is 2.32. The largest absolute Gasteiger partial charge is 0.311 e. The van der Waals surface area contributed by atoms with Crippen LogP contribution in [0.3, 0.4) is 0 Å². The summed E-state index contributed by atoms with van der Waals surface area (Å²) in [4.78, 5) is 0. The summed E-state index contributed by atoms with van der Waals surface area (Å²) in [7, 11) is 0. The summed E-state index contributed by atoms with van der Waals surface area (Å²) in [5.74, 6) is 1.03. The molecular weight excluding hydrogens is 218 g/mol. The zero-order chi connectivity index (χ0) is 6.97. The maximum absolute atomic E-state index is 3.66. The Kier molecular flexibility index (Phi) is 9.26. The molecule has 1 aliphatic heterocycles. The summed E-state index contributed by atoms with van der Waals surface area (Å²) in [6, 6.07) is 1.69. The van der Waals surface area contributed by atoms with Crippen LogP contribution in [0, 0.1) is 5.92 Å². The van der Waals surface area contributed by atoms with Crippen LogP contribution in [0.4, 0.5) is 0 Å². The minimum absolute atomic E-state index is 0. The second kappa shape index (κ2) is 7.32. The molecule has 1 saturated carbocycles. The standard InChI is InChI=1S/C9H17N.3H2S/c1-7-6-8-4-2-3-5-9(8)10-7;;;/h7-10H,2-6H2,1H3;3*1H2/t7-,8+,9+;;;/m1.../s1. The summed E-state index contributed by atoms with van der Waals surface area (Å²) in [6.07, 6.45) is 7.30. The molecule has 2 fully saturated rings. The minimum Gasteiger partial charge on any atom is -0.311 e. The molecule has 1 saturated heterocycles. The number of hydrogen-bond donors (Lipinski definition) is 1. The number of hydrogen-bond acceptors (Lipinski definition) is 1. The number of fused-ring (bicyclic) bond motifs is 1. The number of nitrogens with one attached hydrogen (secondary N) is 1. The van der Waals surface area contributed by atoms with E-state index in [0.29, 0.717) is 0 Å². The lowest BCUT2D eigenvalue weighted by molar-refractivity contribution is 0.325. The van der Waals surface area contributed by atoms with Crippen LogP contribution in [0.25, 0.3) is 0 Å². The molecular formula is C9H23NS3. The quantitative estimate of drug-likeness (QED) is 0.686. The molecule has 0 amide bonds. The molecule has 1 nitrogen and oxygen atoms in total. The van der Waals surface area contributed by atoms with Crippen LogP contribution in [-0.2, 0) is 0 Å². The highest BCUT2D eigenvalue weighted by atomic mass is 32.1. The summed E-state index contributed by atoms with van der Waals surface area (Å²) < 4.78 is 0. The van der Waals surface area contributed by atoms with E-state index in [9.17, 15) is 0 Å². The molecule has 2 rings (SSSR count). The van der Waals surface area contributed by atoms with Gasteiger partial charge >= 0.3 is 0 Å². The monoisotopic (exact) mass is 241 g/mol. The van der Waals surface area contributed by atoms with Gasteiger partial charge in [0.15, 0.2) is 0 Å². The molecule has 0 radical (unpaired) electrons. The fraction of sp³-hybridized carbons (Fsp3) is 1.00. The zero-order valence-electron chi connectivity index (χ0n) is 8.27. The highest BCUT2D eigenvalue weighted by molar-refractivity contribution is 7.59. The Morgan fingerprint density at radius 1 is 1.00 bits per heavy atom. The smallest absolute Gasteiger partial charge is 0.00983 e. The lowest BCUT2D eigenvalue weighted by Gasteiger charge is -2.24. The van der Waals surface area contributed by atoms with Crippen LogP contribution < -0.4 is 5.32 Å². The fourth-order valence-electron chi connectivity index (χ4n) is 2.60. The van der Waals surface area contributed by atoms with Crippen LogP contribution in [0.1, 0.15) is 39.0 Å². The van der Waals surface area contributed by atoms with Crippen molar-refractivity contribution in [2.24, 2.45) is 5.92 Å². The molecule has 0 bridgehead atoms. The second-order valence-electron chi connectivity index (χ2n) is 3.95. The highest BCUT2D eigenvalue weighted by Crippen LogP contribution is 2.32. The van der Waals surface area contributed by atoms with Crippen LogP contribution in [0.2, 0.25) is 0 Å². The van der Waals surface area contributed by atoms with Gasteiger partial charge in [0.2, 0.25) is 0 Å². The van der Waals surface area contributed by atoms with Gasteiger partial charge < -0.3 is 5.32 Å². The first-order chi connectivity index (χ1) is 4.86. The third kappa shape index (κ3) is 3.94. The molecule has 0 aromatic rings. The maximum Gasteiger partial charge on any atom is 0.00983 e. The molecule has 1 heterocycles. The summed E-state index contributed by atoms with van der Waals surface area (Å²) in [5.41, 5.74) is 0. The molecule has 0 aromatic carbocycles. The molecule has 4 heteroatoms. The second-order valence-corrected chi connectivity index (χ2v) is 3.95. The van der Waals surface area contributed by atoms with Gasteiger partial charge in [0.05, 0.1) is 0 Å². The van der Waals surface area contributed by atoms with E-state index in [1.807, 2.05) is 0 Å². The summed E-state index contributed by atoms with van der Waals surface area (Å²) in [5, 5.41) is 3.66. The van der Waals surface area contributed by atoms with E-state index in [2.05, 4.69) is 12.2 Å². The SMILES string of the molecule is C[C@@H]1C[C@@H]2CCCC[C@@H]2N1.S.S.S. The van der Waals surface area contributed by atoms with Crippen molar-refractivity contribution < 1.29 is 0 Å². The summed E-state index contributed by atoms with van der Waals surface area (Å²) >= 11 is 0. The predicted octanol–water partition coefficient (Wildman–Crippen LogP) is 2.27. The Bertz CT molecular complexity index is 118. The van der Waals surface area contributed by atoms with E-state index in [-0.39, 0.29) is 40.5 Å². The first kappa shape index (κ1) is 16.4. The first-order valence-electron chi connectivity index (χ1n) is 4.62. The molecule has 0 unspecified atom stereocenters. The van der Waals surface area contributed by atoms with Gasteiger partial charge in [0.25, 0.3) is 0 Å². The van der Waals surface area contributed by atoms with E-state index in [1.54, 1.807) is 0 Å². The van der Waals surface area contributed by atoms with Crippen LogP contribution in [0.15, 0.2) is 0 Å². The predicted molar refractivity (Wildman–Crippen MR) is 74.1 cm³/mol. The molecule has 0 aromatic heterocycles. The van der Waals surface area contributed by atoms with Crippen molar-refractivity contribution in [3.8, 4) is 0 Å². The molecule has 13 heavy (non-hydrogen) atoms. The zero-order valence-corrected chi connectivity index (χ0v) is 11.3. The van der Waals surface area contributed by atoms with Crippen LogP contribution in [-0.4, -0.2) is 12.1 Å². The molecule has 3 atom stereocenters. The topological polar surface area (TPSA) is 12.0 Å². The lowest BCUT2D eigenvalue weighted by atomic mass is 9.85. The van der Waals surface area contributed by atoms with E-state index in [0.717, 1.165) is 18.0 Å². The van der Waals surface area contributed by atoms with Gasteiger partial charge in [-0.25, -0.2) is 0 Å². The van der Waals surface area contributed by atoms with Gasteiger partial charge in [-0.3, -0.25) is 0 Å². The Balaban J connectivity index is 0. The molecule has 0 spiro atoms. The van der Waals surface area contributed by atoms with Crippen molar-refractivity contribution >= 4 is 40.5 Å². The third-order valence-electron chi connectivity index (χ3n) is 3.06. The first-order valence-corrected chi connectivity index (χ1v) is 4.62. The van der Waals surface area contributed by atoms with Crippen molar-refractivity contribution in [3.05, 3.63) is 0 Å². The van der Waals surface area contributed by atoms with Crippen molar-refractivity contribution in [1.29, 1.82) is 0 Å². The number of rotatable bonds is 0. The third-order valence-corrected chi connectivity index (χ3v) is 3.06. The molecule has 2 aliphatic rings. The van der Waals surface area contributed by atoms with E-state index in [1.165, 1.54) is 32.1 Å². The van der Waals surface area contributed by atoms with Gasteiger partial charge in [0.1, 0.15) is 0 Å². The molecule has 1 aliphatic carbocycles. The van der Waals surface area contributed by atoms with E-state index < -0.39 is 0 Å². The Morgan fingerprint density at radius 2 is 1.62 bits per heavy atom. The Labute approximate surface area is 103 Å². The van der Waals surface area contributed by atoms with Gasteiger partial charge in [-0.2, -0.15) is 40.5 Å². The molecule has 1 N–H and O–H groups in total. The lowest BCUT2D eigenvalue weighted by Crippen LogP contribution is -2.31. The minimum atomic E-state index is 0. The van der Waals surface area contributed by atoms with E-state index in [4.69, 9.17) is 0 Å². The maximum atomic E-state index is 3.66. The summed E-state index contributed by atoms with van der Waals surface area (Å²) in [6.45, 7) is 2.32. The van der Waals surface area contributed by atoms with E-state index >= 15 is 0 Å². The van der Waals surface area contributed by atoms with Crippen LogP contribution in [0.5, 0.6) is 0 Å². The average Bonchev–Trinajstić information content (AvgIpc) is 2.27. The van der Waals surface area contributed by atoms with Crippen molar-refractivity contribution in [2.75, 3.05) is 0 Å². The average molecular weight is 241 g/mol. The van der Waals surface area contributed by atoms with Gasteiger partial charge in [-0.15, -0.1) is 0 Å². The fourth-order valence-corrected chi connectivity index (χ4v) is 2.60. The molecule has 82 valence electrons. The van der Waals surface area contributed by atoms with Gasteiger partial charge in [0, 0.05) is 12.1 Å². The van der Waals surface area contributed by atoms with Crippen molar-refractivity contribution in [1.82, 2.24) is 5.32 Å². The van der Waals surface area contributed by atoms with Gasteiger partial charge in [-0.05, 0) is 32.1 Å². The van der Waals surface area contributed by atoms with Crippen LogP contribution >= 0.6 is 40.5 Å². The Hall–Kier alpha value is 1.01. The van der Waals surface area contributed by atoms with Crippen molar-refractivity contribution in [2.45, 2.75) is 51.1 Å². The van der Waals surface area contributed by atoms with Crippen molar-refractivity contribution in [3.63, 3.8) is 0 Å². The van der Waals surface area contributed by atoms with Gasteiger partial charge in [-0.1, -0.05) is 12.8 Å². The Morgan fingerprint density at radius 3 is 2.23 bits per heavy atom. The normalized spacial score (nSPS) is 36.2.